The molecule has 1 aromatic carbocycles. The number of aliphatic hydroxyl groups excluding tert-OH is 2. The molecule has 3 aliphatic rings. The molecule has 0 radical (unpaired) electrons. The van der Waals surface area contributed by atoms with Gasteiger partial charge in [-0.1, -0.05) is 12.1 Å². The van der Waals surface area contributed by atoms with Gasteiger partial charge >= 0.3 is 0 Å². The summed E-state index contributed by atoms with van der Waals surface area (Å²) in [6, 6.07) is 6.17. The van der Waals surface area contributed by atoms with E-state index in [9.17, 15) is 10.2 Å². The van der Waals surface area contributed by atoms with Crippen LogP contribution in [0.15, 0.2) is 23.6 Å². The average molecular weight is 447 g/mol. The quantitative estimate of drug-likeness (QED) is 0.611. The number of fused-ring (bicyclic) bond motifs is 1. The van der Waals surface area contributed by atoms with Crippen molar-refractivity contribution in [3.8, 4) is 5.75 Å². The molecule has 3 aliphatic heterocycles. The lowest BCUT2D eigenvalue weighted by atomic mass is 10.0. The molecule has 0 saturated carbocycles. The van der Waals surface area contributed by atoms with Gasteiger partial charge in [-0.2, -0.15) is 0 Å². The van der Waals surface area contributed by atoms with Gasteiger partial charge in [0.05, 0.1) is 18.9 Å². The lowest BCUT2D eigenvalue weighted by Gasteiger charge is -2.37. The third-order valence-electron chi connectivity index (χ3n) is 6.34. The van der Waals surface area contributed by atoms with Crippen LogP contribution >= 0.6 is 11.3 Å². The molecule has 2 saturated heterocycles. The van der Waals surface area contributed by atoms with E-state index in [4.69, 9.17) is 14.5 Å². The highest BCUT2D eigenvalue weighted by molar-refractivity contribution is 7.09. The number of hydrogen-bond acceptors (Lipinski definition) is 9. The minimum absolute atomic E-state index is 0.00893. The number of aromatic nitrogens is 1. The predicted octanol–water partition coefficient (Wildman–Crippen LogP) is 1.26. The van der Waals surface area contributed by atoms with E-state index in [1.807, 2.05) is 12.1 Å². The molecular weight excluding hydrogens is 416 g/mol. The number of nitrogens with one attached hydrogen (secondary N) is 1. The molecule has 8 nitrogen and oxygen atoms in total. The van der Waals surface area contributed by atoms with Gasteiger partial charge in [0.15, 0.2) is 0 Å². The molecule has 3 N–H and O–H groups in total. The molecule has 5 rings (SSSR count). The molecule has 0 spiro atoms. The van der Waals surface area contributed by atoms with E-state index < -0.39 is 12.5 Å². The van der Waals surface area contributed by atoms with Crippen molar-refractivity contribution in [2.75, 3.05) is 26.3 Å². The summed E-state index contributed by atoms with van der Waals surface area (Å²) in [5.74, 6) is 0.892. The van der Waals surface area contributed by atoms with Crippen LogP contribution in [0.4, 0.5) is 0 Å². The fourth-order valence-electron chi connectivity index (χ4n) is 4.66. The fraction of sp³-hybridized carbons (Fsp3) is 0.591. The van der Waals surface area contributed by atoms with Crippen LogP contribution < -0.4 is 10.1 Å². The summed E-state index contributed by atoms with van der Waals surface area (Å²) in [7, 11) is 0. The Balaban J connectivity index is 1.19. The molecule has 0 amide bonds. The smallest absolute Gasteiger partial charge is 0.140 e. The van der Waals surface area contributed by atoms with E-state index in [1.54, 1.807) is 11.3 Å². The Morgan fingerprint density at radius 1 is 1.19 bits per heavy atom. The monoisotopic (exact) mass is 446 g/mol. The van der Waals surface area contributed by atoms with Crippen LogP contribution in [0.1, 0.15) is 34.7 Å². The van der Waals surface area contributed by atoms with E-state index in [0.29, 0.717) is 13.0 Å². The summed E-state index contributed by atoms with van der Waals surface area (Å²) in [4.78, 5) is 9.39. The molecule has 1 aromatic heterocycles. The Morgan fingerprint density at radius 3 is 2.90 bits per heavy atom. The van der Waals surface area contributed by atoms with Crippen LogP contribution in [-0.4, -0.2) is 69.8 Å². The second kappa shape index (κ2) is 9.50. The normalized spacial score (nSPS) is 27.4. The van der Waals surface area contributed by atoms with Crippen molar-refractivity contribution in [3.05, 3.63) is 45.4 Å². The molecule has 31 heavy (non-hydrogen) atoms. The Labute approximate surface area is 186 Å². The van der Waals surface area contributed by atoms with E-state index >= 15 is 0 Å². The SMILES string of the molecule is OC1CCC(N2Cc3cccc(OCc4nc(CN5CCOCC5)cs4)c3C2)C(O)N1. The number of hydrogen-bond donors (Lipinski definition) is 3. The Morgan fingerprint density at radius 2 is 2.06 bits per heavy atom. The van der Waals surface area contributed by atoms with Crippen LogP contribution in [0.2, 0.25) is 0 Å². The van der Waals surface area contributed by atoms with E-state index in [1.165, 1.54) is 11.1 Å². The van der Waals surface area contributed by atoms with Crippen molar-refractivity contribution < 1.29 is 19.7 Å². The van der Waals surface area contributed by atoms with Crippen LogP contribution in [0.5, 0.6) is 5.75 Å². The maximum atomic E-state index is 10.4. The summed E-state index contributed by atoms with van der Waals surface area (Å²) in [5, 5.41) is 26.0. The molecule has 3 unspecified atom stereocenters. The zero-order chi connectivity index (χ0) is 21.2. The minimum Gasteiger partial charge on any atom is -0.486 e. The molecule has 4 heterocycles. The molecule has 2 fully saturated rings. The van der Waals surface area contributed by atoms with Gasteiger partial charge in [0.25, 0.3) is 0 Å². The summed E-state index contributed by atoms with van der Waals surface area (Å²) < 4.78 is 11.6. The summed E-state index contributed by atoms with van der Waals surface area (Å²) in [5.41, 5.74) is 3.52. The third kappa shape index (κ3) is 4.93. The van der Waals surface area contributed by atoms with Crippen LogP contribution in [0.3, 0.4) is 0 Å². The van der Waals surface area contributed by atoms with Gasteiger partial charge in [-0.25, -0.2) is 4.98 Å². The summed E-state index contributed by atoms with van der Waals surface area (Å²) in [6.45, 7) is 6.36. The summed E-state index contributed by atoms with van der Waals surface area (Å²) >= 11 is 1.64. The Kier molecular flexibility index (Phi) is 6.51. The molecule has 3 atom stereocenters. The van der Waals surface area contributed by atoms with Crippen molar-refractivity contribution in [3.63, 3.8) is 0 Å². The van der Waals surface area contributed by atoms with Gasteiger partial charge < -0.3 is 19.7 Å². The lowest BCUT2D eigenvalue weighted by molar-refractivity contribution is -0.0562. The van der Waals surface area contributed by atoms with Gasteiger partial charge in [-0.15, -0.1) is 11.3 Å². The highest BCUT2D eigenvalue weighted by Crippen LogP contribution is 2.34. The third-order valence-corrected chi connectivity index (χ3v) is 7.21. The molecule has 168 valence electrons. The minimum atomic E-state index is -0.720. The van der Waals surface area contributed by atoms with Gasteiger partial charge in [0, 0.05) is 49.7 Å². The fourth-order valence-corrected chi connectivity index (χ4v) is 5.36. The number of rotatable bonds is 6. The first kappa shape index (κ1) is 21.3. The first-order chi connectivity index (χ1) is 15.2. The second-order valence-corrected chi connectivity index (χ2v) is 9.42. The van der Waals surface area contributed by atoms with Crippen LogP contribution in [0.25, 0.3) is 0 Å². The number of nitrogens with zero attached hydrogens (tertiary/aromatic N) is 3. The number of benzene rings is 1. The van der Waals surface area contributed by atoms with Gasteiger partial charge in [-0.3, -0.25) is 15.1 Å². The topological polar surface area (TPSA) is 90.3 Å². The van der Waals surface area contributed by atoms with Crippen LogP contribution in [-0.2, 0) is 31.0 Å². The van der Waals surface area contributed by atoms with Crippen molar-refractivity contribution in [1.82, 2.24) is 20.1 Å². The van der Waals surface area contributed by atoms with Crippen molar-refractivity contribution in [2.24, 2.45) is 0 Å². The largest absolute Gasteiger partial charge is 0.486 e. The van der Waals surface area contributed by atoms with Crippen molar-refractivity contribution >= 4 is 11.3 Å². The van der Waals surface area contributed by atoms with E-state index in [2.05, 4.69) is 26.6 Å². The molecular formula is C22H30N4O4S. The van der Waals surface area contributed by atoms with Crippen molar-refractivity contribution in [1.29, 1.82) is 0 Å². The number of ether oxygens (including phenoxy) is 2. The molecule has 2 aromatic rings. The first-order valence-electron chi connectivity index (χ1n) is 11.0. The second-order valence-electron chi connectivity index (χ2n) is 8.48. The standard InChI is InChI=1S/C22H30N4O4S/c27-20-5-4-18(22(28)24-20)26-10-15-2-1-3-19(17(15)12-26)30-13-21-23-16(14-31-21)11-25-6-8-29-9-7-25/h1-3,14,18,20,22,24,27-28H,4-13H2. The highest BCUT2D eigenvalue weighted by Gasteiger charge is 2.35. The first-order valence-corrected chi connectivity index (χ1v) is 11.9. The summed E-state index contributed by atoms with van der Waals surface area (Å²) in [6.07, 6.45) is 0.0726. The van der Waals surface area contributed by atoms with Gasteiger partial charge in [0.1, 0.15) is 29.8 Å². The maximum Gasteiger partial charge on any atom is 0.140 e. The Bertz CT molecular complexity index is 888. The number of aliphatic hydroxyl groups is 2. The van der Waals surface area contributed by atoms with E-state index in [0.717, 1.165) is 68.8 Å². The van der Waals surface area contributed by atoms with Gasteiger partial charge in [0.2, 0.25) is 0 Å². The number of piperidine rings is 1. The lowest BCUT2D eigenvalue weighted by Crippen LogP contribution is -2.55. The average Bonchev–Trinajstić information content (AvgIpc) is 3.40. The zero-order valence-corrected chi connectivity index (χ0v) is 18.4. The van der Waals surface area contributed by atoms with E-state index in [-0.39, 0.29) is 6.04 Å². The van der Waals surface area contributed by atoms with Gasteiger partial charge in [-0.05, 0) is 24.5 Å². The molecule has 0 aliphatic carbocycles. The number of morpholine rings is 1. The van der Waals surface area contributed by atoms with Crippen LogP contribution in [0, 0.1) is 0 Å². The zero-order valence-electron chi connectivity index (χ0n) is 17.6. The Hall–Kier alpha value is -1.59. The maximum absolute atomic E-state index is 10.4. The highest BCUT2D eigenvalue weighted by atomic mass is 32.1. The predicted molar refractivity (Wildman–Crippen MR) is 116 cm³/mol. The molecule has 9 heteroatoms. The van der Waals surface area contributed by atoms with Crippen molar-refractivity contribution in [2.45, 2.75) is 57.6 Å². The number of thiazole rings is 1. The molecule has 0 bridgehead atoms.